The van der Waals surface area contributed by atoms with Crippen LogP contribution in [0.25, 0.3) is 10.9 Å². The number of carbonyl (C=O) groups excluding carboxylic acids is 1. The molecule has 156 valence electrons. The number of aryl methyl sites for hydroxylation is 1. The summed E-state index contributed by atoms with van der Waals surface area (Å²) in [6, 6.07) is 22.5. The van der Waals surface area contributed by atoms with Gasteiger partial charge < -0.3 is 5.32 Å². The van der Waals surface area contributed by atoms with Gasteiger partial charge in [0.05, 0.1) is 21.8 Å². The van der Waals surface area contributed by atoms with Crippen molar-refractivity contribution in [3.63, 3.8) is 0 Å². The van der Waals surface area contributed by atoms with Crippen molar-refractivity contribution in [2.75, 3.05) is 16.7 Å². The Bertz CT molecular complexity index is 1340. The molecule has 0 saturated carbocycles. The van der Waals surface area contributed by atoms with Gasteiger partial charge in [0, 0.05) is 24.2 Å². The average molecular weight is 432 g/mol. The summed E-state index contributed by atoms with van der Waals surface area (Å²) >= 11 is 0. The molecule has 0 bridgehead atoms. The fourth-order valence-corrected chi connectivity index (χ4v) is 4.42. The minimum atomic E-state index is -3.69. The highest BCUT2D eigenvalue weighted by Crippen LogP contribution is 2.24. The first-order valence-corrected chi connectivity index (χ1v) is 11.1. The van der Waals surface area contributed by atoms with Crippen molar-refractivity contribution >= 4 is 38.2 Å². The lowest BCUT2D eigenvalue weighted by molar-refractivity contribution is 0.102. The third kappa shape index (κ3) is 4.13. The molecule has 1 amide bonds. The summed E-state index contributed by atoms with van der Waals surface area (Å²) < 4.78 is 26.9. The summed E-state index contributed by atoms with van der Waals surface area (Å²) in [6.07, 6.45) is 1.68. The fraction of sp³-hybridized carbons (Fsp3) is 0.0833. The SMILES string of the molecule is Cc1ccc(S(=O)(=O)N(C)c2ccc(C(=O)Nc3cccc4cccnc34)cc2)cc1. The molecule has 0 unspecified atom stereocenters. The number of hydrogen-bond acceptors (Lipinski definition) is 4. The number of aromatic nitrogens is 1. The van der Waals surface area contributed by atoms with Gasteiger partial charge in [-0.1, -0.05) is 35.9 Å². The molecular weight excluding hydrogens is 410 g/mol. The van der Waals surface area contributed by atoms with Crippen molar-refractivity contribution in [2.45, 2.75) is 11.8 Å². The van der Waals surface area contributed by atoms with Crippen molar-refractivity contribution in [1.82, 2.24) is 4.98 Å². The van der Waals surface area contributed by atoms with Gasteiger partial charge in [-0.2, -0.15) is 0 Å². The van der Waals surface area contributed by atoms with Gasteiger partial charge in [-0.15, -0.1) is 0 Å². The summed E-state index contributed by atoms with van der Waals surface area (Å²) in [6.45, 7) is 1.90. The number of nitrogens with zero attached hydrogens (tertiary/aromatic N) is 2. The van der Waals surface area contributed by atoms with E-state index in [4.69, 9.17) is 0 Å². The van der Waals surface area contributed by atoms with Gasteiger partial charge in [-0.25, -0.2) is 8.42 Å². The number of rotatable bonds is 5. The number of anilines is 2. The molecule has 4 rings (SSSR count). The number of hydrogen-bond donors (Lipinski definition) is 1. The number of sulfonamides is 1. The maximum absolute atomic E-state index is 12.9. The van der Waals surface area contributed by atoms with Crippen LogP contribution in [-0.4, -0.2) is 26.4 Å². The lowest BCUT2D eigenvalue weighted by Crippen LogP contribution is -2.26. The maximum Gasteiger partial charge on any atom is 0.264 e. The van der Waals surface area contributed by atoms with Gasteiger partial charge in [0.1, 0.15) is 0 Å². The summed E-state index contributed by atoms with van der Waals surface area (Å²) in [5.41, 5.74) is 3.19. The highest BCUT2D eigenvalue weighted by atomic mass is 32.2. The van der Waals surface area contributed by atoms with E-state index in [0.29, 0.717) is 22.5 Å². The first-order valence-electron chi connectivity index (χ1n) is 9.67. The molecule has 0 spiro atoms. The van der Waals surface area contributed by atoms with Crippen LogP contribution in [0.15, 0.2) is 90.0 Å². The van der Waals surface area contributed by atoms with Crippen molar-refractivity contribution in [1.29, 1.82) is 0 Å². The average Bonchev–Trinajstić information content (AvgIpc) is 2.79. The third-order valence-electron chi connectivity index (χ3n) is 5.05. The van der Waals surface area contributed by atoms with Crippen LogP contribution >= 0.6 is 0 Å². The fourth-order valence-electron chi connectivity index (χ4n) is 3.23. The van der Waals surface area contributed by atoms with Crippen LogP contribution in [0.1, 0.15) is 15.9 Å². The van der Waals surface area contributed by atoms with E-state index in [-0.39, 0.29) is 10.8 Å². The number of carbonyl (C=O) groups is 1. The Morgan fingerprint density at radius 2 is 1.58 bits per heavy atom. The second kappa shape index (κ2) is 8.20. The van der Waals surface area contributed by atoms with Crippen LogP contribution in [0.5, 0.6) is 0 Å². The topological polar surface area (TPSA) is 79.4 Å². The summed E-state index contributed by atoms with van der Waals surface area (Å²) in [5.74, 6) is -0.297. The normalized spacial score (nSPS) is 11.3. The summed E-state index contributed by atoms with van der Waals surface area (Å²) in [5, 5.41) is 3.81. The van der Waals surface area contributed by atoms with E-state index in [2.05, 4.69) is 10.3 Å². The Morgan fingerprint density at radius 3 is 2.29 bits per heavy atom. The standard InChI is InChI=1S/C24H21N3O3S/c1-17-8-14-21(15-9-17)31(29,30)27(2)20-12-10-19(11-13-20)24(28)26-22-7-3-5-18-6-4-16-25-23(18)22/h3-16H,1-2H3,(H,26,28). The van der Waals surface area contributed by atoms with Crippen LogP contribution in [0, 0.1) is 6.92 Å². The summed E-state index contributed by atoms with van der Waals surface area (Å²) in [4.78, 5) is 17.3. The van der Waals surface area contributed by atoms with Crippen LogP contribution in [0.2, 0.25) is 0 Å². The lowest BCUT2D eigenvalue weighted by Gasteiger charge is -2.20. The van der Waals surface area contributed by atoms with Gasteiger partial charge >= 0.3 is 0 Å². The van der Waals surface area contributed by atoms with Crippen LogP contribution in [0.4, 0.5) is 11.4 Å². The molecule has 0 saturated heterocycles. The monoisotopic (exact) mass is 431 g/mol. The first kappa shape index (κ1) is 20.6. The molecule has 1 heterocycles. The highest BCUT2D eigenvalue weighted by Gasteiger charge is 2.21. The number of para-hydroxylation sites is 1. The van der Waals surface area contributed by atoms with E-state index in [1.165, 1.54) is 11.4 Å². The van der Waals surface area contributed by atoms with E-state index in [1.807, 2.05) is 31.2 Å². The lowest BCUT2D eigenvalue weighted by atomic mass is 10.1. The minimum Gasteiger partial charge on any atom is -0.320 e. The molecule has 0 aliphatic heterocycles. The zero-order chi connectivity index (χ0) is 22.0. The Hall–Kier alpha value is -3.71. The zero-order valence-corrected chi connectivity index (χ0v) is 17.9. The molecule has 0 atom stereocenters. The Morgan fingerprint density at radius 1 is 0.903 bits per heavy atom. The number of benzene rings is 3. The number of fused-ring (bicyclic) bond motifs is 1. The van der Waals surface area contributed by atoms with E-state index < -0.39 is 10.0 Å². The van der Waals surface area contributed by atoms with Gasteiger partial charge in [-0.3, -0.25) is 14.1 Å². The predicted molar refractivity (Wildman–Crippen MR) is 123 cm³/mol. The molecule has 4 aromatic rings. The molecule has 0 fully saturated rings. The molecule has 0 aliphatic rings. The van der Waals surface area contributed by atoms with Crippen LogP contribution in [-0.2, 0) is 10.0 Å². The van der Waals surface area contributed by atoms with Crippen molar-refractivity contribution in [2.24, 2.45) is 0 Å². The van der Waals surface area contributed by atoms with E-state index >= 15 is 0 Å². The van der Waals surface area contributed by atoms with Crippen LogP contribution in [0.3, 0.4) is 0 Å². The molecule has 7 heteroatoms. The third-order valence-corrected chi connectivity index (χ3v) is 6.85. The quantitative estimate of drug-likeness (QED) is 0.500. The van der Waals surface area contributed by atoms with Crippen LogP contribution < -0.4 is 9.62 Å². The molecule has 3 aromatic carbocycles. The number of amides is 1. The Labute approximate surface area is 181 Å². The van der Waals surface area contributed by atoms with E-state index in [9.17, 15) is 13.2 Å². The Balaban J connectivity index is 1.55. The van der Waals surface area contributed by atoms with Crippen molar-refractivity contribution < 1.29 is 13.2 Å². The number of pyridine rings is 1. The van der Waals surface area contributed by atoms with Gasteiger partial charge in [0.2, 0.25) is 0 Å². The molecular formula is C24H21N3O3S. The first-order chi connectivity index (χ1) is 14.9. The van der Waals surface area contributed by atoms with Gasteiger partial charge in [0.25, 0.3) is 15.9 Å². The minimum absolute atomic E-state index is 0.214. The molecule has 1 aromatic heterocycles. The molecule has 1 N–H and O–H groups in total. The Kier molecular flexibility index (Phi) is 5.44. The number of nitrogens with one attached hydrogen (secondary N) is 1. The van der Waals surface area contributed by atoms with Crippen molar-refractivity contribution in [3.8, 4) is 0 Å². The predicted octanol–water partition coefficient (Wildman–Crippen LogP) is 4.62. The molecule has 0 aliphatic carbocycles. The highest BCUT2D eigenvalue weighted by molar-refractivity contribution is 7.92. The zero-order valence-electron chi connectivity index (χ0n) is 17.1. The van der Waals surface area contributed by atoms with Gasteiger partial charge in [0.15, 0.2) is 0 Å². The summed E-state index contributed by atoms with van der Waals surface area (Å²) in [7, 11) is -2.20. The second-order valence-electron chi connectivity index (χ2n) is 7.17. The van der Waals surface area contributed by atoms with Gasteiger partial charge in [-0.05, 0) is 55.5 Å². The molecule has 0 radical (unpaired) electrons. The smallest absolute Gasteiger partial charge is 0.264 e. The second-order valence-corrected chi connectivity index (χ2v) is 9.14. The molecule has 31 heavy (non-hydrogen) atoms. The molecule has 6 nitrogen and oxygen atoms in total. The largest absolute Gasteiger partial charge is 0.320 e. The maximum atomic E-state index is 12.9. The van der Waals surface area contributed by atoms with E-state index in [1.54, 1.807) is 60.8 Å². The van der Waals surface area contributed by atoms with Crippen molar-refractivity contribution in [3.05, 3.63) is 96.2 Å². The van der Waals surface area contributed by atoms with E-state index in [0.717, 1.165) is 10.9 Å².